The number of rotatable bonds is 4. The van der Waals surface area contributed by atoms with Gasteiger partial charge in [-0.3, -0.25) is 9.78 Å². The van der Waals surface area contributed by atoms with Crippen LogP contribution < -0.4 is 10.6 Å². The maximum Gasteiger partial charge on any atom is 0.416 e. The number of nitrogens with one attached hydrogen (secondary N) is 2. The fourth-order valence-electron chi connectivity index (χ4n) is 3.11. The van der Waals surface area contributed by atoms with Gasteiger partial charge in [-0.25, -0.2) is 9.37 Å². The summed E-state index contributed by atoms with van der Waals surface area (Å²) in [5.74, 6) is -1.82. The molecule has 0 aliphatic carbocycles. The van der Waals surface area contributed by atoms with E-state index in [1.54, 1.807) is 24.4 Å². The van der Waals surface area contributed by atoms with Crippen molar-refractivity contribution in [1.29, 1.82) is 0 Å². The molecule has 0 aliphatic rings. The Balaban J connectivity index is 1.74. The number of pyridine rings is 2. The van der Waals surface area contributed by atoms with Crippen LogP contribution in [-0.2, 0) is 6.18 Å². The first-order valence-electron chi connectivity index (χ1n) is 9.48. The van der Waals surface area contributed by atoms with Gasteiger partial charge in [-0.2, -0.15) is 13.2 Å². The molecule has 0 radical (unpaired) electrons. The van der Waals surface area contributed by atoms with E-state index in [1.807, 2.05) is 31.2 Å². The summed E-state index contributed by atoms with van der Waals surface area (Å²) >= 11 is 0. The number of carbonyl (C=O) groups excluding carboxylic acids is 1. The maximum atomic E-state index is 13.8. The lowest BCUT2D eigenvalue weighted by Crippen LogP contribution is -2.16. The Kier molecular flexibility index (Phi) is 5.48. The molecular formula is C23H16F4N4O. The lowest BCUT2D eigenvalue weighted by Gasteiger charge is -2.15. The highest BCUT2D eigenvalue weighted by Crippen LogP contribution is 2.32. The van der Waals surface area contributed by atoms with Crippen molar-refractivity contribution in [2.75, 3.05) is 10.6 Å². The van der Waals surface area contributed by atoms with Crippen molar-refractivity contribution < 1.29 is 22.4 Å². The highest BCUT2D eigenvalue weighted by Gasteiger charge is 2.32. The van der Waals surface area contributed by atoms with Crippen LogP contribution >= 0.6 is 0 Å². The molecule has 1 amide bonds. The third-order valence-corrected chi connectivity index (χ3v) is 4.72. The molecule has 5 nitrogen and oxygen atoms in total. The van der Waals surface area contributed by atoms with E-state index in [0.29, 0.717) is 23.2 Å². The normalized spacial score (nSPS) is 11.4. The van der Waals surface area contributed by atoms with Crippen LogP contribution in [-0.4, -0.2) is 15.9 Å². The van der Waals surface area contributed by atoms with Gasteiger partial charge >= 0.3 is 6.18 Å². The molecule has 0 atom stereocenters. The quantitative estimate of drug-likeness (QED) is 0.377. The summed E-state index contributed by atoms with van der Waals surface area (Å²) in [6.45, 7) is 1.88. The average molecular weight is 440 g/mol. The third-order valence-electron chi connectivity index (χ3n) is 4.72. The smallest absolute Gasteiger partial charge is 0.338 e. The second-order valence-electron chi connectivity index (χ2n) is 7.05. The topological polar surface area (TPSA) is 66.9 Å². The fourth-order valence-corrected chi connectivity index (χ4v) is 3.11. The number of amides is 1. The van der Waals surface area contributed by atoms with Crippen molar-refractivity contribution in [1.82, 2.24) is 9.97 Å². The van der Waals surface area contributed by atoms with E-state index in [2.05, 4.69) is 20.6 Å². The summed E-state index contributed by atoms with van der Waals surface area (Å²) in [5, 5.41) is 5.66. The van der Waals surface area contributed by atoms with Crippen LogP contribution in [0.1, 0.15) is 21.5 Å². The number of hydrogen-bond donors (Lipinski definition) is 2. The molecule has 0 spiro atoms. The Bertz CT molecular complexity index is 1320. The lowest BCUT2D eigenvalue weighted by molar-refractivity contribution is -0.137. The van der Waals surface area contributed by atoms with Crippen molar-refractivity contribution in [3.63, 3.8) is 0 Å². The molecule has 2 N–H and O–H groups in total. The summed E-state index contributed by atoms with van der Waals surface area (Å²) in [6.07, 6.45) is -3.24. The zero-order valence-corrected chi connectivity index (χ0v) is 16.7. The molecule has 0 fully saturated rings. The second-order valence-corrected chi connectivity index (χ2v) is 7.05. The summed E-state index contributed by atoms with van der Waals surface area (Å²) in [7, 11) is 0. The van der Waals surface area contributed by atoms with Crippen LogP contribution in [0.25, 0.3) is 11.0 Å². The lowest BCUT2D eigenvalue weighted by atomic mass is 10.1. The van der Waals surface area contributed by atoms with Gasteiger partial charge in [0.2, 0.25) is 0 Å². The second kappa shape index (κ2) is 8.26. The van der Waals surface area contributed by atoms with Gasteiger partial charge < -0.3 is 10.6 Å². The monoisotopic (exact) mass is 440 g/mol. The zero-order chi connectivity index (χ0) is 22.9. The molecule has 0 saturated carbocycles. The number of halogens is 4. The van der Waals surface area contributed by atoms with Gasteiger partial charge in [0.15, 0.2) is 5.82 Å². The van der Waals surface area contributed by atoms with Gasteiger partial charge in [-0.1, -0.05) is 18.2 Å². The molecule has 0 aliphatic heterocycles. The van der Waals surface area contributed by atoms with Crippen molar-refractivity contribution in [2.45, 2.75) is 13.1 Å². The Morgan fingerprint density at radius 1 is 0.938 bits per heavy atom. The number of carbonyl (C=O) groups is 1. The van der Waals surface area contributed by atoms with Crippen molar-refractivity contribution in [3.8, 4) is 0 Å². The van der Waals surface area contributed by atoms with E-state index < -0.39 is 29.0 Å². The number of anilines is 3. The Morgan fingerprint density at radius 2 is 1.72 bits per heavy atom. The minimum absolute atomic E-state index is 0.183. The molecule has 4 aromatic rings. The molecule has 0 bridgehead atoms. The van der Waals surface area contributed by atoms with Gasteiger partial charge in [0.05, 0.1) is 22.3 Å². The maximum absolute atomic E-state index is 13.8. The molecule has 9 heteroatoms. The summed E-state index contributed by atoms with van der Waals surface area (Å²) in [5.41, 5.74) is 1.11. The molecule has 162 valence electrons. The molecule has 2 aromatic carbocycles. The van der Waals surface area contributed by atoms with Crippen LogP contribution in [0.15, 0.2) is 66.9 Å². The Hall–Kier alpha value is -4.01. The van der Waals surface area contributed by atoms with Crippen LogP contribution in [0.2, 0.25) is 0 Å². The molecule has 2 heterocycles. The van der Waals surface area contributed by atoms with Gasteiger partial charge in [-0.15, -0.1) is 0 Å². The highest BCUT2D eigenvalue weighted by atomic mass is 19.4. The molecule has 4 rings (SSSR count). The van der Waals surface area contributed by atoms with Crippen LogP contribution in [0, 0.1) is 12.7 Å². The summed E-state index contributed by atoms with van der Waals surface area (Å²) < 4.78 is 52.9. The zero-order valence-electron chi connectivity index (χ0n) is 16.7. The fraction of sp³-hybridized carbons (Fsp3) is 0.0870. The van der Waals surface area contributed by atoms with E-state index in [-0.39, 0.29) is 11.5 Å². The summed E-state index contributed by atoms with van der Waals surface area (Å²) in [4.78, 5) is 21.4. The van der Waals surface area contributed by atoms with Gasteiger partial charge in [-0.05, 0) is 55.0 Å². The van der Waals surface area contributed by atoms with Crippen molar-refractivity contribution in [3.05, 3.63) is 89.4 Å². The standard InChI is InChI=1S/C23H16F4N4O/c1-13-5-2-3-6-17(13)29-21-20(12-19-18(30-21)7-4-8-28-19)31-22(32)14-9-15(23(25,26)27)11-16(24)10-14/h2-12H,1H3,(H,29,30)(H,31,32). The first-order chi connectivity index (χ1) is 15.2. The Morgan fingerprint density at radius 3 is 2.47 bits per heavy atom. The minimum atomic E-state index is -4.79. The van der Waals surface area contributed by atoms with Crippen molar-refractivity contribution in [2.24, 2.45) is 0 Å². The van der Waals surface area contributed by atoms with Gasteiger partial charge in [0.1, 0.15) is 5.82 Å². The van der Waals surface area contributed by atoms with Gasteiger partial charge in [0, 0.05) is 17.4 Å². The number of benzene rings is 2. The van der Waals surface area contributed by atoms with E-state index in [4.69, 9.17) is 0 Å². The molecule has 32 heavy (non-hydrogen) atoms. The van der Waals surface area contributed by atoms with E-state index in [1.165, 1.54) is 0 Å². The molecule has 0 saturated heterocycles. The predicted molar refractivity (Wildman–Crippen MR) is 113 cm³/mol. The minimum Gasteiger partial charge on any atom is -0.338 e. The van der Waals surface area contributed by atoms with Gasteiger partial charge in [0.25, 0.3) is 5.91 Å². The number of alkyl halides is 3. The van der Waals surface area contributed by atoms with Crippen LogP contribution in [0.4, 0.5) is 34.8 Å². The van der Waals surface area contributed by atoms with Crippen molar-refractivity contribution >= 4 is 34.1 Å². The number of aromatic nitrogens is 2. The van der Waals surface area contributed by atoms with E-state index in [0.717, 1.165) is 17.3 Å². The Labute approximate surface area is 180 Å². The largest absolute Gasteiger partial charge is 0.416 e. The summed E-state index contributed by atoms with van der Waals surface area (Å²) in [6, 6.07) is 14.0. The predicted octanol–water partition coefficient (Wildman–Crippen LogP) is 6.09. The molecule has 0 unspecified atom stereocenters. The first-order valence-corrected chi connectivity index (χ1v) is 9.48. The highest BCUT2D eigenvalue weighted by molar-refractivity contribution is 6.07. The number of nitrogens with zero attached hydrogens (tertiary/aromatic N) is 2. The van der Waals surface area contributed by atoms with E-state index in [9.17, 15) is 22.4 Å². The number of fused-ring (bicyclic) bond motifs is 1. The third kappa shape index (κ3) is 4.51. The van der Waals surface area contributed by atoms with Crippen LogP contribution in [0.5, 0.6) is 0 Å². The number of aryl methyl sites for hydroxylation is 1. The van der Waals surface area contributed by atoms with E-state index >= 15 is 0 Å². The number of para-hydroxylation sites is 1. The molecule has 2 aromatic heterocycles. The number of hydrogen-bond acceptors (Lipinski definition) is 4. The SMILES string of the molecule is Cc1ccccc1Nc1nc2cccnc2cc1NC(=O)c1cc(F)cc(C(F)(F)F)c1. The van der Waals surface area contributed by atoms with Crippen LogP contribution in [0.3, 0.4) is 0 Å². The molecular weight excluding hydrogens is 424 g/mol. The first kappa shape index (κ1) is 21.2. The average Bonchev–Trinajstić information content (AvgIpc) is 2.74.